The molecule has 7 nitrogen and oxygen atoms in total. The van der Waals surface area contributed by atoms with E-state index >= 15 is 0 Å². The molecule has 0 aromatic heterocycles. The maximum Gasteiger partial charge on any atom is 0.170 e. The minimum Gasteiger partial charge on any atom is -0.493 e. The second kappa shape index (κ2) is 9.84. The van der Waals surface area contributed by atoms with Gasteiger partial charge in [-0.25, -0.2) is 0 Å². The second-order valence-corrected chi connectivity index (χ2v) is 4.16. The molecule has 0 bridgehead atoms. The average Bonchev–Trinajstić information content (AvgIpc) is 2.53. The van der Waals surface area contributed by atoms with Gasteiger partial charge in [-0.15, -0.1) is 0 Å². The van der Waals surface area contributed by atoms with E-state index in [2.05, 4.69) is 5.16 Å². The molecule has 1 aromatic rings. The van der Waals surface area contributed by atoms with E-state index in [0.717, 1.165) is 6.42 Å². The summed E-state index contributed by atoms with van der Waals surface area (Å²) in [5.74, 6) is 1.15. The Morgan fingerprint density at radius 3 is 2.62 bits per heavy atom. The van der Waals surface area contributed by atoms with Crippen molar-refractivity contribution in [2.45, 2.75) is 6.42 Å². The molecule has 0 saturated carbocycles. The Hall–Kier alpha value is -1.99. The van der Waals surface area contributed by atoms with Gasteiger partial charge < -0.3 is 29.9 Å². The fourth-order valence-corrected chi connectivity index (χ4v) is 1.59. The summed E-state index contributed by atoms with van der Waals surface area (Å²) in [6.45, 7) is 2.28. The molecule has 0 aliphatic heterocycles. The maximum atomic E-state index is 8.65. The number of methoxy groups -OCH3 is 2. The maximum absolute atomic E-state index is 8.65. The predicted molar refractivity (Wildman–Crippen MR) is 78.3 cm³/mol. The molecule has 1 rings (SSSR count). The quantitative estimate of drug-likeness (QED) is 0.222. The van der Waals surface area contributed by atoms with E-state index in [1.54, 1.807) is 25.3 Å². The molecule has 0 saturated heterocycles. The van der Waals surface area contributed by atoms with E-state index in [9.17, 15) is 0 Å². The molecule has 7 heteroatoms. The fraction of sp³-hybridized carbons (Fsp3) is 0.500. The van der Waals surface area contributed by atoms with Crippen molar-refractivity contribution < 1.29 is 24.2 Å². The Balaban J connectivity index is 2.44. The number of oxime groups is 1. The first-order valence-electron chi connectivity index (χ1n) is 6.58. The number of nitrogens with zero attached hydrogens (tertiary/aromatic N) is 1. The van der Waals surface area contributed by atoms with Crippen LogP contribution in [-0.2, 0) is 9.47 Å². The van der Waals surface area contributed by atoms with Crippen molar-refractivity contribution in [3.63, 3.8) is 0 Å². The van der Waals surface area contributed by atoms with Gasteiger partial charge in [0.25, 0.3) is 0 Å². The molecule has 1 aromatic carbocycles. The van der Waals surface area contributed by atoms with Gasteiger partial charge in [0.2, 0.25) is 0 Å². The molecule has 0 aliphatic carbocycles. The predicted octanol–water partition coefficient (Wildman–Crippen LogP) is 1.22. The number of amidine groups is 1. The summed E-state index contributed by atoms with van der Waals surface area (Å²) in [5.41, 5.74) is 6.08. The molecule has 118 valence electrons. The molecule has 0 fully saturated rings. The SMILES string of the molecule is COCCOCCCOc1ccc(/C(N)=N/O)cc1OC. The van der Waals surface area contributed by atoms with Gasteiger partial charge in [0, 0.05) is 25.7 Å². The summed E-state index contributed by atoms with van der Waals surface area (Å²) in [7, 11) is 3.17. The standard InChI is InChI=1S/C14H22N2O5/c1-18-8-9-20-6-3-7-21-12-5-4-11(14(15)16-17)10-13(12)19-2/h4-5,10,17H,3,6-9H2,1-2H3,(H2,15,16). The van der Waals surface area contributed by atoms with Crippen LogP contribution in [0.1, 0.15) is 12.0 Å². The molecule has 0 radical (unpaired) electrons. The lowest BCUT2D eigenvalue weighted by atomic mass is 10.2. The van der Waals surface area contributed by atoms with Crippen LogP contribution in [0.15, 0.2) is 23.4 Å². The summed E-state index contributed by atoms with van der Waals surface area (Å²) in [5, 5.41) is 11.6. The zero-order valence-electron chi connectivity index (χ0n) is 12.4. The first kappa shape index (κ1) is 17.1. The third kappa shape index (κ3) is 5.88. The lowest BCUT2D eigenvalue weighted by Gasteiger charge is -2.12. The van der Waals surface area contributed by atoms with Crippen LogP contribution >= 0.6 is 0 Å². The van der Waals surface area contributed by atoms with Crippen LogP contribution in [0.25, 0.3) is 0 Å². The zero-order valence-corrected chi connectivity index (χ0v) is 12.4. The Kier molecular flexibility index (Phi) is 8.00. The molecule has 0 atom stereocenters. The third-order valence-corrected chi connectivity index (χ3v) is 2.69. The number of nitrogens with two attached hydrogens (primary N) is 1. The van der Waals surface area contributed by atoms with Crippen LogP contribution in [0.3, 0.4) is 0 Å². The molecular formula is C14H22N2O5. The number of benzene rings is 1. The van der Waals surface area contributed by atoms with Crippen LogP contribution in [0.4, 0.5) is 0 Å². The Morgan fingerprint density at radius 2 is 1.95 bits per heavy atom. The summed E-state index contributed by atoms with van der Waals surface area (Å²) in [6.07, 6.45) is 0.759. The molecule has 0 spiro atoms. The second-order valence-electron chi connectivity index (χ2n) is 4.16. The van der Waals surface area contributed by atoms with Crippen molar-refractivity contribution in [2.24, 2.45) is 10.9 Å². The van der Waals surface area contributed by atoms with E-state index in [1.165, 1.54) is 7.11 Å². The van der Waals surface area contributed by atoms with E-state index in [1.807, 2.05) is 0 Å². The fourth-order valence-electron chi connectivity index (χ4n) is 1.59. The lowest BCUT2D eigenvalue weighted by molar-refractivity contribution is 0.0643. The first-order valence-corrected chi connectivity index (χ1v) is 6.58. The van der Waals surface area contributed by atoms with E-state index in [-0.39, 0.29) is 5.84 Å². The molecular weight excluding hydrogens is 276 g/mol. The molecule has 0 heterocycles. The highest BCUT2D eigenvalue weighted by Crippen LogP contribution is 2.28. The van der Waals surface area contributed by atoms with Gasteiger partial charge in [0.05, 0.1) is 26.9 Å². The van der Waals surface area contributed by atoms with Crippen molar-refractivity contribution in [1.82, 2.24) is 0 Å². The van der Waals surface area contributed by atoms with Crippen LogP contribution in [-0.4, -0.2) is 51.7 Å². The van der Waals surface area contributed by atoms with Crippen LogP contribution in [0.5, 0.6) is 11.5 Å². The molecule has 3 N–H and O–H groups in total. The highest BCUT2D eigenvalue weighted by Gasteiger charge is 2.08. The number of hydrogen-bond acceptors (Lipinski definition) is 6. The van der Waals surface area contributed by atoms with Gasteiger partial charge in [-0.05, 0) is 18.2 Å². The molecule has 0 amide bonds. The van der Waals surface area contributed by atoms with Gasteiger partial charge in [-0.1, -0.05) is 5.16 Å². The minimum absolute atomic E-state index is 0.0198. The smallest absolute Gasteiger partial charge is 0.170 e. The van der Waals surface area contributed by atoms with Crippen molar-refractivity contribution >= 4 is 5.84 Å². The normalized spacial score (nSPS) is 11.4. The van der Waals surface area contributed by atoms with Crippen molar-refractivity contribution in [3.05, 3.63) is 23.8 Å². The Bertz CT molecular complexity index is 451. The molecule has 0 unspecified atom stereocenters. The Labute approximate surface area is 124 Å². The van der Waals surface area contributed by atoms with Crippen molar-refractivity contribution in [2.75, 3.05) is 40.6 Å². The first-order chi connectivity index (χ1) is 10.2. The van der Waals surface area contributed by atoms with E-state index in [0.29, 0.717) is 43.5 Å². The average molecular weight is 298 g/mol. The number of ether oxygens (including phenoxy) is 4. The third-order valence-electron chi connectivity index (χ3n) is 2.69. The summed E-state index contributed by atoms with van der Waals surface area (Å²) in [6, 6.07) is 5.07. The van der Waals surface area contributed by atoms with E-state index < -0.39 is 0 Å². The van der Waals surface area contributed by atoms with Crippen molar-refractivity contribution in [3.8, 4) is 11.5 Å². The van der Waals surface area contributed by atoms with Gasteiger partial charge in [0.15, 0.2) is 17.3 Å². The van der Waals surface area contributed by atoms with Gasteiger partial charge in [0.1, 0.15) is 0 Å². The Morgan fingerprint density at radius 1 is 1.14 bits per heavy atom. The minimum atomic E-state index is 0.0198. The summed E-state index contributed by atoms with van der Waals surface area (Å²) < 4.78 is 21.1. The zero-order chi connectivity index (χ0) is 15.5. The number of hydrogen-bond donors (Lipinski definition) is 2. The number of rotatable bonds is 10. The lowest BCUT2D eigenvalue weighted by Crippen LogP contribution is -2.13. The topological polar surface area (TPSA) is 95.5 Å². The van der Waals surface area contributed by atoms with E-state index in [4.69, 9.17) is 29.9 Å². The van der Waals surface area contributed by atoms with Crippen LogP contribution in [0.2, 0.25) is 0 Å². The molecule has 0 aliphatic rings. The summed E-state index contributed by atoms with van der Waals surface area (Å²) in [4.78, 5) is 0. The van der Waals surface area contributed by atoms with Gasteiger partial charge in [-0.2, -0.15) is 0 Å². The van der Waals surface area contributed by atoms with Crippen LogP contribution < -0.4 is 15.2 Å². The highest BCUT2D eigenvalue weighted by atomic mass is 16.5. The van der Waals surface area contributed by atoms with Crippen molar-refractivity contribution in [1.29, 1.82) is 0 Å². The monoisotopic (exact) mass is 298 g/mol. The van der Waals surface area contributed by atoms with Gasteiger partial charge in [-0.3, -0.25) is 0 Å². The van der Waals surface area contributed by atoms with Gasteiger partial charge >= 0.3 is 0 Å². The summed E-state index contributed by atoms with van der Waals surface area (Å²) >= 11 is 0. The highest BCUT2D eigenvalue weighted by molar-refractivity contribution is 5.97. The molecule has 21 heavy (non-hydrogen) atoms. The largest absolute Gasteiger partial charge is 0.493 e. The van der Waals surface area contributed by atoms with Crippen LogP contribution in [0, 0.1) is 0 Å².